The van der Waals surface area contributed by atoms with Crippen LogP contribution in [0.3, 0.4) is 0 Å². The summed E-state index contributed by atoms with van der Waals surface area (Å²) in [6.07, 6.45) is 0.674. The highest BCUT2D eigenvalue weighted by molar-refractivity contribution is 5.34. The third kappa shape index (κ3) is 3.44. The van der Waals surface area contributed by atoms with Crippen molar-refractivity contribution in [3.8, 4) is 11.5 Å². The molecule has 1 aliphatic heterocycles. The van der Waals surface area contributed by atoms with Crippen molar-refractivity contribution in [3.63, 3.8) is 0 Å². The number of hydrogen-bond acceptors (Lipinski definition) is 3. The Labute approximate surface area is 144 Å². The number of rotatable bonds is 4. The molecule has 25 heavy (non-hydrogen) atoms. The minimum atomic E-state index is -0.997. The van der Waals surface area contributed by atoms with Gasteiger partial charge in [-0.1, -0.05) is 6.07 Å². The Morgan fingerprint density at radius 1 is 0.920 bits per heavy atom. The third-order valence-corrected chi connectivity index (χ3v) is 4.57. The molecule has 0 aliphatic carbocycles. The van der Waals surface area contributed by atoms with Crippen molar-refractivity contribution in [2.75, 3.05) is 20.8 Å². The predicted octanol–water partition coefficient (Wildman–Crippen LogP) is 4.76. The molecule has 1 aliphatic rings. The fourth-order valence-corrected chi connectivity index (χ4v) is 3.16. The van der Waals surface area contributed by atoms with E-state index in [-0.39, 0.29) is 23.8 Å². The molecule has 1 heterocycles. The average Bonchev–Trinajstić information content (AvgIpc) is 2.64. The summed E-state index contributed by atoms with van der Waals surface area (Å²) in [5.74, 6) is -2.28. The van der Waals surface area contributed by atoms with Gasteiger partial charge in [-0.3, -0.25) is 0 Å². The van der Waals surface area contributed by atoms with Crippen molar-refractivity contribution < 1.29 is 27.4 Å². The summed E-state index contributed by atoms with van der Waals surface area (Å²) in [5.41, 5.74) is 0.701. The number of benzene rings is 2. The first-order valence-electron chi connectivity index (χ1n) is 8.02. The van der Waals surface area contributed by atoms with Crippen LogP contribution in [0.4, 0.5) is 13.2 Å². The average molecular weight is 352 g/mol. The van der Waals surface area contributed by atoms with Gasteiger partial charge in [-0.25, -0.2) is 8.78 Å². The Morgan fingerprint density at radius 3 is 2.28 bits per heavy atom. The summed E-state index contributed by atoms with van der Waals surface area (Å²) < 4.78 is 57.8. The largest absolute Gasteiger partial charge is 0.497 e. The van der Waals surface area contributed by atoms with Crippen LogP contribution in [0.2, 0.25) is 0 Å². The standard InChI is InChI=1S/C19H19F3O3/c1-23-12-4-5-14(15(20)9-12)16-7-3-11(10-25-16)13-6-8-17(24-2)19(22)18(13)21/h4-6,8-9,11,16H,3,7,10H2,1-2H3. The molecular formula is C19H19F3O3. The fraction of sp³-hybridized carbons (Fsp3) is 0.368. The zero-order valence-corrected chi connectivity index (χ0v) is 14.0. The van der Waals surface area contributed by atoms with Crippen LogP contribution < -0.4 is 9.47 Å². The lowest BCUT2D eigenvalue weighted by Gasteiger charge is -2.30. The molecule has 2 atom stereocenters. The fourth-order valence-electron chi connectivity index (χ4n) is 3.16. The summed E-state index contributed by atoms with van der Waals surface area (Å²) in [6.45, 7) is 0.193. The first kappa shape index (κ1) is 17.6. The SMILES string of the molecule is COc1ccc(C2CCC(c3ccc(OC)c(F)c3F)CO2)c(F)c1. The van der Waals surface area contributed by atoms with E-state index in [2.05, 4.69) is 0 Å². The van der Waals surface area contributed by atoms with E-state index >= 15 is 0 Å². The van der Waals surface area contributed by atoms with Gasteiger partial charge in [0, 0.05) is 17.5 Å². The van der Waals surface area contributed by atoms with Gasteiger partial charge in [0.05, 0.1) is 26.9 Å². The summed E-state index contributed by atoms with van der Waals surface area (Å²) >= 11 is 0. The van der Waals surface area contributed by atoms with Crippen molar-refractivity contribution in [3.05, 3.63) is 58.9 Å². The van der Waals surface area contributed by atoms with Crippen LogP contribution >= 0.6 is 0 Å². The van der Waals surface area contributed by atoms with Crippen LogP contribution in [0.15, 0.2) is 30.3 Å². The zero-order valence-electron chi connectivity index (χ0n) is 14.0. The first-order valence-corrected chi connectivity index (χ1v) is 8.02. The third-order valence-electron chi connectivity index (χ3n) is 4.57. The topological polar surface area (TPSA) is 27.7 Å². The quantitative estimate of drug-likeness (QED) is 0.794. The van der Waals surface area contributed by atoms with Gasteiger partial charge in [-0.05, 0) is 36.6 Å². The van der Waals surface area contributed by atoms with Crippen LogP contribution in [-0.4, -0.2) is 20.8 Å². The second kappa shape index (κ2) is 7.35. The minimum absolute atomic E-state index is 0.129. The van der Waals surface area contributed by atoms with Crippen LogP contribution in [0, 0.1) is 17.5 Å². The smallest absolute Gasteiger partial charge is 0.200 e. The Morgan fingerprint density at radius 2 is 1.68 bits per heavy atom. The molecule has 6 heteroatoms. The Bertz CT molecular complexity index is 756. The predicted molar refractivity (Wildman–Crippen MR) is 86.5 cm³/mol. The van der Waals surface area contributed by atoms with Crippen molar-refractivity contribution in [1.82, 2.24) is 0 Å². The van der Waals surface area contributed by atoms with Gasteiger partial charge in [0.1, 0.15) is 11.6 Å². The first-order chi connectivity index (χ1) is 12.0. The second-order valence-electron chi connectivity index (χ2n) is 5.97. The van der Waals surface area contributed by atoms with Crippen LogP contribution in [0.1, 0.15) is 36.0 Å². The molecule has 3 rings (SSSR count). The molecule has 0 saturated carbocycles. The van der Waals surface area contributed by atoms with E-state index in [1.54, 1.807) is 12.1 Å². The number of hydrogen-bond donors (Lipinski definition) is 0. The maximum atomic E-state index is 14.2. The molecule has 0 aromatic heterocycles. The lowest BCUT2D eigenvalue weighted by atomic mass is 9.89. The van der Waals surface area contributed by atoms with E-state index in [1.807, 2.05) is 0 Å². The summed E-state index contributed by atoms with van der Waals surface area (Å²) in [5, 5.41) is 0. The minimum Gasteiger partial charge on any atom is -0.497 e. The Balaban J connectivity index is 1.73. The van der Waals surface area contributed by atoms with Gasteiger partial charge in [-0.15, -0.1) is 0 Å². The number of methoxy groups -OCH3 is 2. The molecule has 0 spiro atoms. The normalized spacial score (nSPS) is 20.4. The molecule has 0 amide bonds. The zero-order chi connectivity index (χ0) is 18.0. The van der Waals surface area contributed by atoms with Crippen molar-refractivity contribution in [2.45, 2.75) is 24.9 Å². The molecule has 0 bridgehead atoms. The van der Waals surface area contributed by atoms with Gasteiger partial charge in [0.2, 0.25) is 5.82 Å². The highest BCUT2D eigenvalue weighted by Crippen LogP contribution is 2.38. The van der Waals surface area contributed by atoms with Crippen LogP contribution in [-0.2, 0) is 4.74 Å². The molecule has 1 fully saturated rings. The summed E-state index contributed by atoms with van der Waals surface area (Å²) in [4.78, 5) is 0. The maximum absolute atomic E-state index is 14.2. The van der Waals surface area contributed by atoms with Crippen molar-refractivity contribution >= 4 is 0 Å². The molecule has 2 aromatic carbocycles. The molecular weight excluding hydrogens is 333 g/mol. The van der Waals surface area contributed by atoms with E-state index in [0.717, 1.165) is 0 Å². The van der Waals surface area contributed by atoms with Gasteiger partial charge < -0.3 is 14.2 Å². The van der Waals surface area contributed by atoms with Crippen molar-refractivity contribution in [1.29, 1.82) is 0 Å². The van der Waals surface area contributed by atoms with Gasteiger partial charge in [-0.2, -0.15) is 4.39 Å². The molecule has 134 valence electrons. The van der Waals surface area contributed by atoms with E-state index in [1.165, 1.54) is 32.4 Å². The van der Waals surface area contributed by atoms with E-state index in [9.17, 15) is 13.2 Å². The van der Waals surface area contributed by atoms with E-state index in [0.29, 0.717) is 24.2 Å². The number of halogens is 3. The van der Waals surface area contributed by atoms with E-state index < -0.39 is 23.6 Å². The van der Waals surface area contributed by atoms with Gasteiger partial charge in [0.15, 0.2) is 11.6 Å². The second-order valence-corrected chi connectivity index (χ2v) is 5.97. The molecule has 2 unspecified atom stereocenters. The van der Waals surface area contributed by atoms with Gasteiger partial charge >= 0.3 is 0 Å². The Hall–Kier alpha value is -2.21. The van der Waals surface area contributed by atoms with Crippen molar-refractivity contribution in [2.24, 2.45) is 0 Å². The maximum Gasteiger partial charge on any atom is 0.200 e. The van der Waals surface area contributed by atoms with Crippen LogP contribution in [0.25, 0.3) is 0 Å². The van der Waals surface area contributed by atoms with E-state index in [4.69, 9.17) is 14.2 Å². The molecule has 3 nitrogen and oxygen atoms in total. The molecule has 0 N–H and O–H groups in total. The monoisotopic (exact) mass is 352 g/mol. The highest BCUT2D eigenvalue weighted by atomic mass is 19.2. The lowest BCUT2D eigenvalue weighted by Crippen LogP contribution is -2.21. The lowest BCUT2D eigenvalue weighted by molar-refractivity contribution is -0.000362. The highest BCUT2D eigenvalue weighted by Gasteiger charge is 2.29. The van der Waals surface area contributed by atoms with Crippen LogP contribution in [0.5, 0.6) is 11.5 Å². The summed E-state index contributed by atoms with van der Waals surface area (Å²) in [6, 6.07) is 7.53. The Kier molecular flexibility index (Phi) is 5.18. The molecule has 2 aromatic rings. The molecule has 1 saturated heterocycles. The van der Waals surface area contributed by atoms with Gasteiger partial charge in [0.25, 0.3) is 0 Å². The summed E-state index contributed by atoms with van der Waals surface area (Å²) in [7, 11) is 2.76. The molecule has 0 radical (unpaired) electrons. The number of ether oxygens (including phenoxy) is 3.